The van der Waals surface area contributed by atoms with Gasteiger partial charge in [0, 0.05) is 44.2 Å². The van der Waals surface area contributed by atoms with E-state index in [4.69, 9.17) is 4.74 Å². The minimum atomic E-state index is 0.0863. The van der Waals surface area contributed by atoms with Gasteiger partial charge >= 0.3 is 6.03 Å². The summed E-state index contributed by atoms with van der Waals surface area (Å²) in [5, 5.41) is 3.15. The van der Waals surface area contributed by atoms with Crippen molar-refractivity contribution in [1.29, 1.82) is 0 Å². The number of ether oxygens (including phenoxy) is 1. The standard InChI is InChI=1S/C16H24N4O2/c1-12-17-9-6-15(18-12)22-14-7-10-20(11-8-14)16(21)19-13-4-2-3-5-13/h6,9,13-14H,2-5,7-8,10-11H2,1H3,(H,19,21). The Morgan fingerprint density at radius 1 is 1.27 bits per heavy atom. The number of nitrogens with one attached hydrogen (secondary N) is 1. The summed E-state index contributed by atoms with van der Waals surface area (Å²) in [6, 6.07) is 2.25. The van der Waals surface area contributed by atoms with Crippen LogP contribution in [0, 0.1) is 6.92 Å². The molecule has 2 amide bonds. The summed E-state index contributed by atoms with van der Waals surface area (Å²) in [7, 11) is 0. The van der Waals surface area contributed by atoms with E-state index in [0.717, 1.165) is 38.8 Å². The molecular weight excluding hydrogens is 280 g/mol. The summed E-state index contributed by atoms with van der Waals surface area (Å²) in [5.74, 6) is 1.34. The molecule has 6 heteroatoms. The molecule has 0 spiro atoms. The Bertz CT molecular complexity index is 509. The van der Waals surface area contributed by atoms with Gasteiger partial charge in [0.2, 0.25) is 5.88 Å². The lowest BCUT2D eigenvalue weighted by atomic mass is 10.1. The Hall–Kier alpha value is -1.85. The van der Waals surface area contributed by atoms with Crippen LogP contribution in [0.4, 0.5) is 4.79 Å². The van der Waals surface area contributed by atoms with E-state index in [1.165, 1.54) is 12.8 Å². The number of urea groups is 1. The number of aromatic nitrogens is 2. The second-order valence-corrected chi connectivity index (χ2v) is 6.18. The second kappa shape index (κ2) is 6.94. The highest BCUT2D eigenvalue weighted by Crippen LogP contribution is 2.20. The molecule has 1 aromatic rings. The van der Waals surface area contributed by atoms with Crippen molar-refractivity contribution in [3.05, 3.63) is 18.1 Å². The highest BCUT2D eigenvalue weighted by atomic mass is 16.5. The van der Waals surface area contributed by atoms with E-state index in [9.17, 15) is 4.79 Å². The monoisotopic (exact) mass is 304 g/mol. The minimum Gasteiger partial charge on any atom is -0.474 e. The van der Waals surface area contributed by atoms with E-state index in [0.29, 0.717) is 17.7 Å². The van der Waals surface area contributed by atoms with Crippen molar-refractivity contribution in [1.82, 2.24) is 20.2 Å². The van der Waals surface area contributed by atoms with Crippen molar-refractivity contribution in [3.8, 4) is 5.88 Å². The second-order valence-electron chi connectivity index (χ2n) is 6.18. The Balaban J connectivity index is 1.44. The number of rotatable bonds is 3. The van der Waals surface area contributed by atoms with Gasteiger partial charge in [0.1, 0.15) is 11.9 Å². The van der Waals surface area contributed by atoms with Crippen molar-refractivity contribution < 1.29 is 9.53 Å². The predicted octanol–water partition coefficient (Wildman–Crippen LogP) is 2.28. The third kappa shape index (κ3) is 3.87. The number of hydrogen-bond acceptors (Lipinski definition) is 4. The SMILES string of the molecule is Cc1nccc(OC2CCN(C(=O)NC3CCCC3)CC2)n1. The van der Waals surface area contributed by atoms with Crippen molar-refractivity contribution in [2.24, 2.45) is 0 Å². The first-order valence-electron chi connectivity index (χ1n) is 8.22. The van der Waals surface area contributed by atoms with Crippen LogP contribution < -0.4 is 10.1 Å². The lowest BCUT2D eigenvalue weighted by Crippen LogP contribution is -2.48. The number of aryl methyl sites for hydroxylation is 1. The quantitative estimate of drug-likeness (QED) is 0.930. The molecule has 1 aliphatic carbocycles. The van der Waals surface area contributed by atoms with Crippen LogP contribution in [-0.4, -0.2) is 46.1 Å². The predicted molar refractivity (Wildman–Crippen MR) is 82.8 cm³/mol. The molecule has 1 aliphatic heterocycles. The molecule has 3 rings (SSSR count). The average Bonchev–Trinajstić information content (AvgIpc) is 3.01. The lowest BCUT2D eigenvalue weighted by Gasteiger charge is -2.32. The maximum atomic E-state index is 12.2. The molecule has 1 saturated heterocycles. The number of nitrogens with zero attached hydrogens (tertiary/aromatic N) is 3. The van der Waals surface area contributed by atoms with Crippen molar-refractivity contribution in [3.63, 3.8) is 0 Å². The number of likely N-dealkylation sites (tertiary alicyclic amines) is 1. The van der Waals surface area contributed by atoms with Crippen LogP contribution in [0.3, 0.4) is 0 Å². The first-order chi connectivity index (χ1) is 10.7. The zero-order valence-corrected chi connectivity index (χ0v) is 13.1. The zero-order valence-electron chi connectivity index (χ0n) is 13.1. The number of amides is 2. The molecule has 6 nitrogen and oxygen atoms in total. The summed E-state index contributed by atoms with van der Waals surface area (Å²) in [4.78, 5) is 22.5. The van der Waals surface area contributed by atoms with Crippen LogP contribution >= 0.6 is 0 Å². The molecule has 2 heterocycles. The summed E-state index contributed by atoms with van der Waals surface area (Å²) in [6.45, 7) is 3.34. The first-order valence-corrected chi connectivity index (χ1v) is 8.22. The Labute approximate surface area is 131 Å². The molecule has 0 unspecified atom stereocenters. The zero-order chi connectivity index (χ0) is 15.4. The lowest BCUT2D eigenvalue weighted by molar-refractivity contribution is 0.106. The average molecular weight is 304 g/mol. The van der Waals surface area contributed by atoms with Gasteiger partial charge in [-0.3, -0.25) is 0 Å². The molecule has 0 aromatic carbocycles. The fourth-order valence-corrected chi connectivity index (χ4v) is 3.18. The molecule has 1 N–H and O–H groups in total. The summed E-state index contributed by atoms with van der Waals surface area (Å²) in [6.07, 6.45) is 8.25. The van der Waals surface area contributed by atoms with Gasteiger partial charge in [-0.15, -0.1) is 0 Å². The molecule has 0 atom stereocenters. The van der Waals surface area contributed by atoms with Gasteiger partial charge in [-0.1, -0.05) is 12.8 Å². The Morgan fingerprint density at radius 3 is 2.68 bits per heavy atom. The smallest absolute Gasteiger partial charge is 0.317 e. The molecule has 22 heavy (non-hydrogen) atoms. The van der Waals surface area contributed by atoms with E-state index in [2.05, 4.69) is 15.3 Å². The first kappa shape index (κ1) is 15.1. The Kier molecular flexibility index (Phi) is 4.75. The van der Waals surface area contributed by atoms with Gasteiger partial charge in [-0.25, -0.2) is 9.78 Å². The van der Waals surface area contributed by atoms with Crippen molar-refractivity contribution in [2.45, 2.75) is 57.6 Å². The van der Waals surface area contributed by atoms with Crippen LogP contribution in [0.15, 0.2) is 12.3 Å². The summed E-state index contributed by atoms with van der Waals surface area (Å²) < 4.78 is 5.89. The molecule has 2 aliphatic rings. The molecule has 2 fully saturated rings. The van der Waals surface area contributed by atoms with E-state index < -0.39 is 0 Å². The fraction of sp³-hybridized carbons (Fsp3) is 0.688. The van der Waals surface area contributed by atoms with Crippen LogP contribution in [0.5, 0.6) is 5.88 Å². The largest absolute Gasteiger partial charge is 0.474 e. The van der Waals surface area contributed by atoms with Gasteiger partial charge in [0.05, 0.1) is 0 Å². The topological polar surface area (TPSA) is 67.3 Å². The van der Waals surface area contributed by atoms with E-state index in [1.807, 2.05) is 11.8 Å². The van der Waals surface area contributed by atoms with Crippen molar-refractivity contribution in [2.75, 3.05) is 13.1 Å². The van der Waals surface area contributed by atoms with Gasteiger partial charge in [-0.2, -0.15) is 4.98 Å². The normalized spacial score (nSPS) is 20.1. The third-order valence-corrected chi connectivity index (χ3v) is 4.45. The maximum absolute atomic E-state index is 12.2. The van der Waals surface area contributed by atoms with Crippen molar-refractivity contribution >= 4 is 6.03 Å². The van der Waals surface area contributed by atoms with Crippen LogP contribution in [0.2, 0.25) is 0 Å². The van der Waals surface area contributed by atoms with Crippen LogP contribution in [0.25, 0.3) is 0 Å². The van der Waals surface area contributed by atoms with Gasteiger partial charge < -0.3 is 15.0 Å². The van der Waals surface area contributed by atoms with E-state index >= 15 is 0 Å². The summed E-state index contributed by atoms with van der Waals surface area (Å²) >= 11 is 0. The molecule has 120 valence electrons. The minimum absolute atomic E-state index is 0.0863. The van der Waals surface area contributed by atoms with E-state index in [-0.39, 0.29) is 12.1 Å². The molecule has 1 aromatic heterocycles. The highest BCUT2D eigenvalue weighted by molar-refractivity contribution is 5.74. The summed E-state index contributed by atoms with van der Waals surface area (Å²) in [5.41, 5.74) is 0. The molecule has 0 bridgehead atoms. The number of carbonyl (C=O) groups is 1. The highest BCUT2D eigenvalue weighted by Gasteiger charge is 2.26. The fourth-order valence-electron chi connectivity index (χ4n) is 3.18. The van der Waals surface area contributed by atoms with Gasteiger partial charge in [0.25, 0.3) is 0 Å². The van der Waals surface area contributed by atoms with E-state index in [1.54, 1.807) is 12.3 Å². The third-order valence-electron chi connectivity index (χ3n) is 4.45. The maximum Gasteiger partial charge on any atom is 0.317 e. The van der Waals surface area contributed by atoms with Gasteiger partial charge in [-0.05, 0) is 19.8 Å². The Morgan fingerprint density at radius 2 is 2.00 bits per heavy atom. The molecular formula is C16H24N4O2. The van der Waals surface area contributed by atoms with Crippen LogP contribution in [-0.2, 0) is 0 Å². The molecule has 1 saturated carbocycles. The number of carbonyl (C=O) groups excluding carboxylic acids is 1. The number of piperidine rings is 1. The number of hydrogen-bond donors (Lipinski definition) is 1. The van der Waals surface area contributed by atoms with Crippen LogP contribution in [0.1, 0.15) is 44.3 Å². The van der Waals surface area contributed by atoms with Gasteiger partial charge in [0.15, 0.2) is 0 Å². The molecule has 0 radical (unpaired) electrons.